The van der Waals surface area contributed by atoms with Crippen molar-refractivity contribution >= 4 is 5.91 Å². The van der Waals surface area contributed by atoms with E-state index in [1.54, 1.807) is 6.92 Å². The maximum atomic E-state index is 13.3. The van der Waals surface area contributed by atoms with Gasteiger partial charge in [-0.15, -0.1) is 0 Å². The van der Waals surface area contributed by atoms with Crippen LogP contribution >= 0.6 is 0 Å². The summed E-state index contributed by atoms with van der Waals surface area (Å²) in [5.74, 6) is -1.46. The zero-order valence-corrected chi connectivity index (χ0v) is 12.7. The molecule has 0 spiro atoms. The number of nitrogens with one attached hydrogen (secondary N) is 1. The fraction of sp³-hybridized carbons (Fsp3) is 0.278. The number of para-hydroxylation sites is 1. The van der Waals surface area contributed by atoms with Crippen LogP contribution in [0.5, 0.6) is 5.75 Å². The number of carbonyl (C=O) groups excluding carboxylic acids is 1. The predicted octanol–water partition coefficient (Wildman–Crippen LogP) is 3.39. The minimum Gasteiger partial charge on any atom is -0.492 e. The Balaban J connectivity index is 1.66. The molecular formula is C18H17F2NO2. The lowest BCUT2D eigenvalue weighted by atomic mass is 9.95. The lowest BCUT2D eigenvalue weighted by Gasteiger charge is -2.26. The normalized spacial score (nSPS) is 17.8. The van der Waals surface area contributed by atoms with Gasteiger partial charge in [-0.1, -0.05) is 24.3 Å². The summed E-state index contributed by atoms with van der Waals surface area (Å²) >= 11 is 0. The molecule has 2 aromatic carbocycles. The maximum Gasteiger partial charge on any atom is 0.227 e. The van der Waals surface area contributed by atoms with Crippen molar-refractivity contribution < 1.29 is 18.3 Å². The van der Waals surface area contributed by atoms with Gasteiger partial charge in [0.1, 0.15) is 12.4 Å². The van der Waals surface area contributed by atoms with E-state index in [-0.39, 0.29) is 11.8 Å². The number of halogens is 2. The summed E-state index contributed by atoms with van der Waals surface area (Å²) in [5, 5.41) is 2.84. The molecule has 5 heteroatoms. The second kappa shape index (κ2) is 6.36. The Morgan fingerprint density at radius 3 is 2.78 bits per heavy atom. The smallest absolute Gasteiger partial charge is 0.227 e. The average molecular weight is 317 g/mol. The molecule has 2 unspecified atom stereocenters. The van der Waals surface area contributed by atoms with Gasteiger partial charge >= 0.3 is 0 Å². The fourth-order valence-corrected chi connectivity index (χ4v) is 2.69. The Kier molecular flexibility index (Phi) is 4.28. The summed E-state index contributed by atoms with van der Waals surface area (Å²) in [6.45, 7) is 2.05. The Hall–Kier alpha value is -2.43. The number of amides is 1. The minimum atomic E-state index is -0.918. The third-order valence-corrected chi connectivity index (χ3v) is 4.05. The van der Waals surface area contributed by atoms with Crippen LogP contribution in [0.4, 0.5) is 8.78 Å². The topological polar surface area (TPSA) is 38.3 Å². The molecule has 1 amide bonds. The maximum absolute atomic E-state index is 13.3. The molecule has 1 aliphatic rings. The number of benzene rings is 2. The van der Waals surface area contributed by atoms with Crippen molar-refractivity contribution in [2.45, 2.75) is 19.4 Å². The molecule has 1 N–H and O–H groups in total. The van der Waals surface area contributed by atoms with Gasteiger partial charge in [0.2, 0.25) is 5.91 Å². The molecule has 0 aromatic heterocycles. The number of ether oxygens (including phenoxy) is 1. The highest BCUT2D eigenvalue weighted by Crippen LogP contribution is 2.27. The van der Waals surface area contributed by atoms with Crippen molar-refractivity contribution in [3.8, 4) is 5.75 Å². The monoisotopic (exact) mass is 317 g/mol. The van der Waals surface area contributed by atoms with Crippen LogP contribution in [0, 0.1) is 17.6 Å². The summed E-state index contributed by atoms with van der Waals surface area (Å²) < 4.78 is 31.9. The first kappa shape index (κ1) is 15.5. The minimum absolute atomic E-state index is 0.156. The van der Waals surface area contributed by atoms with Gasteiger partial charge < -0.3 is 10.1 Å². The molecule has 3 nitrogen and oxygen atoms in total. The number of hydrogen-bond donors (Lipinski definition) is 1. The summed E-state index contributed by atoms with van der Waals surface area (Å²) in [5.41, 5.74) is 1.52. The van der Waals surface area contributed by atoms with Gasteiger partial charge in [-0.3, -0.25) is 4.79 Å². The SMILES string of the molecule is CC(NC(=O)C1COc2ccccc2C1)c1ccc(F)c(F)c1. The van der Waals surface area contributed by atoms with E-state index in [4.69, 9.17) is 4.74 Å². The molecule has 120 valence electrons. The highest BCUT2D eigenvalue weighted by Gasteiger charge is 2.26. The number of rotatable bonds is 3. The molecule has 0 fully saturated rings. The second-order valence-electron chi connectivity index (χ2n) is 5.72. The van der Waals surface area contributed by atoms with Gasteiger partial charge in [-0.05, 0) is 42.7 Å². The van der Waals surface area contributed by atoms with Crippen molar-refractivity contribution in [3.05, 3.63) is 65.2 Å². The zero-order valence-electron chi connectivity index (χ0n) is 12.7. The van der Waals surface area contributed by atoms with E-state index in [0.717, 1.165) is 23.4 Å². The van der Waals surface area contributed by atoms with Crippen LogP contribution in [0.15, 0.2) is 42.5 Å². The molecule has 23 heavy (non-hydrogen) atoms. The van der Waals surface area contributed by atoms with E-state index < -0.39 is 17.7 Å². The van der Waals surface area contributed by atoms with Crippen molar-refractivity contribution in [2.75, 3.05) is 6.61 Å². The van der Waals surface area contributed by atoms with Crippen LogP contribution in [0.1, 0.15) is 24.1 Å². The Morgan fingerprint density at radius 1 is 1.22 bits per heavy atom. The van der Waals surface area contributed by atoms with Gasteiger partial charge in [0.25, 0.3) is 0 Å². The molecule has 2 atom stereocenters. The predicted molar refractivity (Wildman–Crippen MR) is 82.0 cm³/mol. The van der Waals surface area contributed by atoms with E-state index >= 15 is 0 Å². The van der Waals surface area contributed by atoms with Crippen LogP contribution in [-0.4, -0.2) is 12.5 Å². The molecule has 3 rings (SSSR count). The van der Waals surface area contributed by atoms with Gasteiger partial charge in [0, 0.05) is 0 Å². The summed E-state index contributed by atoms with van der Waals surface area (Å²) in [4.78, 5) is 12.4. The summed E-state index contributed by atoms with van der Waals surface area (Å²) in [6, 6.07) is 10.9. The summed E-state index contributed by atoms with van der Waals surface area (Å²) in [7, 11) is 0. The number of fused-ring (bicyclic) bond motifs is 1. The molecule has 0 bridgehead atoms. The Morgan fingerprint density at radius 2 is 2.00 bits per heavy atom. The molecule has 1 aliphatic heterocycles. The molecule has 2 aromatic rings. The highest BCUT2D eigenvalue weighted by atomic mass is 19.2. The van der Waals surface area contributed by atoms with E-state index in [2.05, 4.69) is 5.32 Å². The zero-order chi connectivity index (χ0) is 16.4. The molecular weight excluding hydrogens is 300 g/mol. The highest BCUT2D eigenvalue weighted by molar-refractivity contribution is 5.80. The van der Waals surface area contributed by atoms with E-state index in [1.165, 1.54) is 6.07 Å². The van der Waals surface area contributed by atoms with Gasteiger partial charge in [-0.25, -0.2) is 8.78 Å². The quantitative estimate of drug-likeness (QED) is 0.942. The Labute approximate surface area is 133 Å². The van der Waals surface area contributed by atoms with Crippen LogP contribution in [0.3, 0.4) is 0 Å². The number of hydrogen-bond acceptors (Lipinski definition) is 2. The van der Waals surface area contributed by atoms with Crippen molar-refractivity contribution in [1.29, 1.82) is 0 Å². The third-order valence-electron chi connectivity index (χ3n) is 4.05. The first-order valence-corrected chi connectivity index (χ1v) is 7.50. The standard InChI is InChI=1S/C18H17F2NO2/c1-11(12-6-7-15(19)16(20)9-12)21-18(22)14-8-13-4-2-3-5-17(13)23-10-14/h2-7,9,11,14H,8,10H2,1H3,(H,21,22). The molecule has 0 radical (unpaired) electrons. The van der Waals surface area contributed by atoms with Crippen LogP contribution in [0.25, 0.3) is 0 Å². The largest absolute Gasteiger partial charge is 0.492 e. The molecule has 0 aliphatic carbocycles. The van der Waals surface area contributed by atoms with Gasteiger partial charge in [0.15, 0.2) is 11.6 Å². The Bertz CT molecular complexity index is 733. The van der Waals surface area contributed by atoms with Crippen LogP contribution in [-0.2, 0) is 11.2 Å². The van der Waals surface area contributed by atoms with Crippen molar-refractivity contribution in [3.63, 3.8) is 0 Å². The lowest BCUT2D eigenvalue weighted by Crippen LogP contribution is -2.38. The fourth-order valence-electron chi connectivity index (χ4n) is 2.69. The molecule has 1 heterocycles. The van der Waals surface area contributed by atoms with Crippen LogP contribution in [0.2, 0.25) is 0 Å². The number of carbonyl (C=O) groups is 1. The average Bonchev–Trinajstić information content (AvgIpc) is 2.56. The first-order chi connectivity index (χ1) is 11.0. The lowest BCUT2D eigenvalue weighted by molar-refractivity contribution is -0.126. The van der Waals surface area contributed by atoms with E-state index in [9.17, 15) is 13.6 Å². The summed E-state index contributed by atoms with van der Waals surface area (Å²) in [6.07, 6.45) is 0.604. The van der Waals surface area contributed by atoms with Gasteiger partial charge in [0.05, 0.1) is 12.0 Å². The third kappa shape index (κ3) is 3.33. The van der Waals surface area contributed by atoms with E-state index in [0.29, 0.717) is 18.6 Å². The van der Waals surface area contributed by atoms with Crippen LogP contribution < -0.4 is 10.1 Å². The molecule has 0 saturated carbocycles. The molecule has 0 saturated heterocycles. The van der Waals surface area contributed by atoms with Crippen molar-refractivity contribution in [1.82, 2.24) is 5.32 Å². The van der Waals surface area contributed by atoms with E-state index in [1.807, 2.05) is 24.3 Å². The first-order valence-electron chi connectivity index (χ1n) is 7.50. The second-order valence-corrected chi connectivity index (χ2v) is 5.72. The van der Waals surface area contributed by atoms with Gasteiger partial charge in [-0.2, -0.15) is 0 Å². The van der Waals surface area contributed by atoms with Crippen molar-refractivity contribution in [2.24, 2.45) is 5.92 Å².